The van der Waals surface area contributed by atoms with E-state index in [9.17, 15) is 4.39 Å². The molecule has 1 aromatic heterocycles. The van der Waals surface area contributed by atoms with Crippen molar-refractivity contribution in [2.45, 2.75) is 31.8 Å². The third-order valence-electron chi connectivity index (χ3n) is 4.30. The van der Waals surface area contributed by atoms with E-state index in [1.54, 1.807) is 0 Å². The zero-order valence-corrected chi connectivity index (χ0v) is 13.2. The normalized spacial score (nSPS) is 19.6. The van der Waals surface area contributed by atoms with Crippen LogP contribution < -0.4 is 16.0 Å². The van der Waals surface area contributed by atoms with Crippen LogP contribution in [0.25, 0.3) is 0 Å². The number of nitrogens with zero attached hydrogens (tertiary/aromatic N) is 3. The first-order valence-corrected chi connectivity index (χ1v) is 7.97. The summed E-state index contributed by atoms with van der Waals surface area (Å²) in [7, 11) is 0. The Morgan fingerprint density at radius 1 is 1.30 bits per heavy atom. The predicted molar refractivity (Wildman–Crippen MR) is 89.6 cm³/mol. The molecule has 0 spiro atoms. The summed E-state index contributed by atoms with van der Waals surface area (Å²) in [6, 6.07) is 10.9. The molecule has 122 valence electrons. The molecule has 3 N–H and O–H groups in total. The second-order valence-electron chi connectivity index (χ2n) is 5.98. The minimum Gasteiger partial charge on any atom is -0.381 e. The average Bonchev–Trinajstić information content (AvgIpc) is 2.58. The van der Waals surface area contributed by atoms with Crippen LogP contribution in [-0.4, -0.2) is 29.1 Å². The standard InChI is InChI=1S/C17H22FN5/c1-12(13-6-3-2-4-7-13)22-14-8-5-9-23(10-14)17-15(18)16(19)20-11-21-17/h2-4,6-7,11-12,14,22H,5,8-10H2,1H3,(H2,19,20,21)/t12-,14+/m0/s1. The van der Waals surface area contributed by atoms with Crippen molar-refractivity contribution < 1.29 is 4.39 Å². The lowest BCUT2D eigenvalue weighted by Gasteiger charge is -2.35. The van der Waals surface area contributed by atoms with E-state index in [1.807, 2.05) is 23.1 Å². The number of anilines is 2. The van der Waals surface area contributed by atoms with Crippen LogP contribution in [0.15, 0.2) is 36.7 Å². The van der Waals surface area contributed by atoms with Crippen LogP contribution in [0.2, 0.25) is 0 Å². The molecule has 3 rings (SSSR count). The van der Waals surface area contributed by atoms with Gasteiger partial charge in [0.2, 0.25) is 5.82 Å². The van der Waals surface area contributed by atoms with Crippen LogP contribution in [0.5, 0.6) is 0 Å². The fourth-order valence-electron chi connectivity index (χ4n) is 3.09. The lowest BCUT2D eigenvalue weighted by atomic mass is 10.0. The number of rotatable bonds is 4. The Morgan fingerprint density at radius 2 is 2.09 bits per heavy atom. The number of hydrogen-bond acceptors (Lipinski definition) is 5. The highest BCUT2D eigenvalue weighted by Crippen LogP contribution is 2.24. The third-order valence-corrected chi connectivity index (χ3v) is 4.30. The van der Waals surface area contributed by atoms with Gasteiger partial charge in [-0.1, -0.05) is 30.3 Å². The van der Waals surface area contributed by atoms with Gasteiger partial charge in [-0.05, 0) is 25.3 Å². The van der Waals surface area contributed by atoms with Gasteiger partial charge < -0.3 is 16.0 Å². The quantitative estimate of drug-likeness (QED) is 0.907. The van der Waals surface area contributed by atoms with Gasteiger partial charge in [0.05, 0.1) is 0 Å². The van der Waals surface area contributed by atoms with Gasteiger partial charge in [-0.2, -0.15) is 4.39 Å². The van der Waals surface area contributed by atoms with E-state index in [0.717, 1.165) is 19.4 Å². The molecular formula is C17H22FN5. The summed E-state index contributed by atoms with van der Waals surface area (Å²) in [4.78, 5) is 9.71. The van der Waals surface area contributed by atoms with Crippen LogP contribution in [0, 0.1) is 5.82 Å². The summed E-state index contributed by atoms with van der Waals surface area (Å²) in [5.41, 5.74) is 6.80. The highest BCUT2D eigenvalue weighted by atomic mass is 19.1. The summed E-state index contributed by atoms with van der Waals surface area (Å²) in [5.74, 6) is -0.316. The number of nitrogens with two attached hydrogens (primary N) is 1. The maximum absolute atomic E-state index is 14.1. The zero-order valence-electron chi connectivity index (χ0n) is 13.2. The molecule has 2 aromatic rings. The van der Waals surface area contributed by atoms with E-state index in [1.165, 1.54) is 11.9 Å². The summed E-state index contributed by atoms with van der Waals surface area (Å²) in [6.07, 6.45) is 3.37. The molecule has 1 aliphatic heterocycles. The number of nitrogens with one attached hydrogen (secondary N) is 1. The van der Waals surface area contributed by atoms with Crippen molar-refractivity contribution in [3.05, 3.63) is 48.0 Å². The molecule has 1 fully saturated rings. The van der Waals surface area contributed by atoms with Crippen LogP contribution in [-0.2, 0) is 0 Å². The van der Waals surface area contributed by atoms with Crippen molar-refractivity contribution in [2.24, 2.45) is 0 Å². The highest BCUT2D eigenvalue weighted by molar-refractivity contribution is 5.48. The summed E-state index contributed by atoms with van der Waals surface area (Å²) < 4.78 is 14.1. The topological polar surface area (TPSA) is 67.1 Å². The van der Waals surface area contributed by atoms with Gasteiger partial charge in [-0.25, -0.2) is 9.97 Å². The number of aromatic nitrogens is 2. The first kappa shape index (κ1) is 15.7. The number of benzene rings is 1. The Kier molecular flexibility index (Phi) is 4.71. The third kappa shape index (κ3) is 3.59. The van der Waals surface area contributed by atoms with Gasteiger partial charge in [0.1, 0.15) is 6.33 Å². The van der Waals surface area contributed by atoms with Crippen molar-refractivity contribution in [3.63, 3.8) is 0 Å². The van der Waals surface area contributed by atoms with Crippen LogP contribution >= 0.6 is 0 Å². The second-order valence-corrected chi connectivity index (χ2v) is 5.98. The Morgan fingerprint density at radius 3 is 2.87 bits per heavy atom. The maximum atomic E-state index is 14.1. The fourth-order valence-corrected chi connectivity index (χ4v) is 3.09. The van der Waals surface area contributed by atoms with E-state index in [2.05, 4.69) is 34.3 Å². The molecule has 1 aromatic carbocycles. The highest BCUT2D eigenvalue weighted by Gasteiger charge is 2.25. The molecule has 1 aliphatic rings. The molecular weight excluding hydrogens is 293 g/mol. The molecule has 0 unspecified atom stereocenters. The number of hydrogen-bond donors (Lipinski definition) is 2. The Hall–Kier alpha value is -2.21. The molecule has 0 bridgehead atoms. The smallest absolute Gasteiger partial charge is 0.207 e. The zero-order chi connectivity index (χ0) is 16.2. The molecule has 2 atom stereocenters. The molecule has 0 radical (unpaired) electrons. The fraction of sp³-hybridized carbons (Fsp3) is 0.412. The SMILES string of the molecule is C[C@H](N[C@@H]1CCCN(c2ncnc(N)c2F)C1)c1ccccc1. The van der Waals surface area contributed by atoms with Gasteiger partial charge >= 0.3 is 0 Å². The minimum absolute atomic E-state index is 0.0947. The lowest BCUT2D eigenvalue weighted by molar-refractivity contribution is 0.385. The van der Waals surface area contributed by atoms with Gasteiger partial charge in [-0.15, -0.1) is 0 Å². The van der Waals surface area contributed by atoms with Crippen LogP contribution in [0.4, 0.5) is 16.0 Å². The van der Waals surface area contributed by atoms with Crippen molar-refractivity contribution in [1.29, 1.82) is 0 Å². The monoisotopic (exact) mass is 315 g/mol. The summed E-state index contributed by atoms with van der Waals surface area (Å²) in [5, 5.41) is 3.63. The first-order chi connectivity index (χ1) is 11.1. The van der Waals surface area contributed by atoms with E-state index >= 15 is 0 Å². The van der Waals surface area contributed by atoms with Gasteiger partial charge in [0.15, 0.2) is 11.6 Å². The maximum Gasteiger partial charge on any atom is 0.207 e. The van der Waals surface area contributed by atoms with Crippen molar-refractivity contribution >= 4 is 11.6 Å². The molecule has 23 heavy (non-hydrogen) atoms. The molecule has 5 nitrogen and oxygen atoms in total. The van der Waals surface area contributed by atoms with Gasteiger partial charge in [0, 0.05) is 25.2 Å². The Balaban J connectivity index is 1.68. The van der Waals surface area contributed by atoms with E-state index in [4.69, 9.17) is 5.73 Å². The van der Waals surface area contributed by atoms with E-state index in [0.29, 0.717) is 12.4 Å². The van der Waals surface area contributed by atoms with Crippen molar-refractivity contribution in [1.82, 2.24) is 15.3 Å². The molecule has 0 aliphatic carbocycles. The van der Waals surface area contributed by atoms with E-state index < -0.39 is 5.82 Å². The molecule has 0 amide bonds. The minimum atomic E-state index is -0.524. The second kappa shape index (κ2) is 6.91. The Labute approximate surface area is 135 Å². The van der Waals surface area contributed by atoms with Crippen LogP contribution in [0.3, 0.4) is 0 Å². The molecule has 2 heterocycles. The molecule has 1 saturated heterocycles. The van der Waals surface area contributed by atoms with Crippen LogP contribution in [0.1, 0.15) is 31.4 Å². The number of piperidine rings is 1. The lowest BCUT2D eigenvalue weighted by Crippen LogP contribution is -2.47. The molecule has 0 saturated carbocycles. The van der Waals surface area contributed by atoms with Gasteiger partial charge in [0.25, 0.3) is 0 Å². The van der Waals surface area contributed by atoms with E-state index in [-0.39, 0.29) is 17.9 Å². The number of halogens is 1. The summed E-state index contributed by atoms with van der Waals surface area (Å²) >= 11 is 0. The predicted octanol–water partition coefficient (Wildman–Crippen LogP) is 2.52. The van der Waals surface area contributed by atoms with Gasteiger partial charge in [-0.3, -0.25) is 0 Å². The first-order valence-electron chi connectivity index (χ1n) is 7.97. The van der Waals surface area contributed by atoms with Crippen molar-refractivity contribution in [3.8, 4) is 0 Å². The average molecular weight is 315 g/mol. The Bertz CT molecular complexity index is 649. The largest absolute Gasteiger partial charge is 0.381 e. The van der Waals surface area contributed by atoms with Crippen molar-refractivity contribution in [2.75, 3.05) is 23.7 Å². The number of nitrogen functional groups attached to an aromatic ring is 1. The molecule has 6 heteroatoms. The summed E-state index contributed by atoms with van der Waals surface area (Å²) in [6.45, 7) is 3.65.